The zero-order valence-corrected chi connectivity index (χ0v) is 14.0. The Hall–Kier alpha value is -2.12. The first-order valence-corrected chi connectivity index (χ1v) is 7.95. The van der Waals surface area contributed by atoms with Crippen molar-refractivity contribution in [1.82, 2.24) is 4.90 Å². The fourth-order valence-electron chi connectivity index (χ4n) is 2.67. The van der Waals surface area contributed by atoms with Crippen molar-refractivity contribution in [1.29, 1.82) is 0 Å². The first-order valence-electron chi connectivity index (χ1n) is 7.95. The molecule has 24 heavy (non-hydrogen) atoms. The number of ether oxygens (including phenoxy) is 3. The molecule has 0 aliphatic carbocycles. The third-order valence-electron chi connectivity index (χ3n) is 3.94. The van der Waals surface area contributed by atoms with E-state index in [2.05, 4.69) is 0 Å². The summed E-state index contributed by atoms with van der Waals surface area (Å²) in [6, 6.07) is 4.04. The number of carbonyl (C=O) groups excluding carboxylic acids is 1. The van der Waals surface area contributed by atoms with Crippen molar-refractivity contribution < 1.29 is 28.9 Å². The Morgan fingerprint density at radius 3 is 2.58 bits per heavy atom. The quantitative estimate of drug-likeness (QED) is 0.719. The average Bonchev–Trinajstić information content (AvgIpc) is 2.60. The van der Waals surface area contributed by atoms with Crippen LogP contribution in [0.25, 0.3) is 0 Å². The second-order valence-corrected chi connectivity index (χ2v) is 5.43. The second kappa shape index (κ2) is 8.65. The van der Waals surface area contributed by atoms with E-state index in [0.29, 0.717) is 50.0 Å². The molecule has 1 fully saturated rings. The standard InChI is InChI=1S/C17H23NO6/c1-3-24-15-5-4-12(10-16(15)22-2)14(19)11-13(17(20)21)18-6-8-23-9-7-18/h4-5,10,13H,3,6-9,11H2,1-2H3,(H,20,21). The summed E-state index contributed by atoms with van der Waals surface area (Å²) in [4.78, 5) is 25.8. The van der Waals surface area contributed by atoms with Gasteiger partial charge in [-0.15, -0.1) is 0 Å². The number of nitrogens with zero attached hydrogens (tertiary/aromatic N) is 1. The molecule has 1 aliphatic rings. The summed E-state index contributed by atoms with van der Waals surface area (Å²) >= 11 is 0. The summed E-state index contributed by atoms with van der Waals surface area (Å²) in [5, 5.41) is 9.46. The molecule has 0 aromatic heterocycles. The average molecular weight is 337 g/mol. The van der Waals surface area contributed by atoms with E-state index in [4.69, 9.17) is 14.2 Å². The number of benzene rings is 1. The largest absolute Gasteiger partial charge is 0.493 e. The van der Waals surface area contributed by atoms with Crippen LogP contribution in [0.5, 0.6) is 11.5 Å². The van der Waals surface area contributed by atoms with E-state index in [1.54, 1.807) is 23.1 Å². The van der Waals surface area contributed by atoms with Gasteiger partial charge >= 0.3 is 5.97 Å². The number of rotatable bonds is 8. The van der Waals surface area contributed by atoms with Gasteiger partial charge < -0.3 is 19.3 Å². The van der Waals surface area contributed by atoms with Gasteiger partial charge in [0.1, 0.15) is 6.04 Å². The molecule has 2 rings (SSSR count). The fourth-order valence-corrected chi connectivity index (χ4v) is 2.67. The number of hydrogen-bond acceptors (Lipinski definition) is 6. The molecule has 1 unspecified atom stereocenters. The molecule has 0 saturated carbocycles. The summed E-state index contributed by atoms with van der Waals surface area (Å²) in [6.45, 7) is 4.33. The van der Waals surface area contributed by atoms with Crippen LogP contribution in [-0.2, 0) is 9.53 Å². The maximum absolute atomic E-state index is 12.5. The molecule has 1 N–H and O–H groups in total. The lowest BCUT2D eigenvalue weighted by Crippen LogP contribution is -2.48. The summed E-state index contributed by atoms with van der Waals surface area (Å²) in [7, 11) is 1.50. The Labute approximate surface area is 141 Å². The topological polar surface area (TPSA) is 85.3 Å². The molecule has 0 spiro atoms. The predicted octanol–water partition coefficient (Wildman–Crippen LogP) is 1.45. The lowest BCUT2D eigenvalue weighted by molar-refractivity contribution is -0.144. The van der Waals surface area contributed by atoms with Crippen LogP contribution in [0, 0.1) is 0 Å². The zero-order chi connectivity index (χ0) is 17.5. The van der Waals surface area contributed by atoms with Crippen molar-refractivity contribution >= 4 is 11.8 Å². The number of carboxylic acid groups (broad SMARTS) is 1. The molecule has 0 bridgehead atoms. The van der Waals surface area contributed by atoms with Crippen molar-refractivity contribution in [3.63, 3.8) is 0 Å². The molecule has 0 amide bonds. The molecule has 132 valence electrons. The summed E-state index contributed by atoms with van der Waals surface area (Å²) in [6.07, 6.45) is -0.0908. The maximum atomic E-state index is 12.5. The van der Waals surface area contributed by atoms with E-state index < -0.39 is 12.0 Å². The van der Waals surface area contributed by atoms with Crippen LogP contribution in [0.2, 0.25) is 0 Å². The molecule has 1 aromatic carbocycles. The molecule has 7 heteroatoms. The monoisotopic (exact) mass is 337 g/mol. The summed E-state index contributed by atoms with van der Waals surface area (Å²) in [5.74, 6) is -0.223. The van der Waals surface area contributed by atoms with Crippen LogP contribution in [-0.4, -0.2) is 67.8 Å². The number of morpholine rings is 1. The zero-order valence-electron chi connectivity index (χ0n) is 14.0. The highest BCUT2D eigenvalue weighted by atomic mass is 16.5. The van der Waals surface area contributed by atoms with Crippen molar-refractivity contribution in [2.24, 2.45) is 0 Å². The van der Waals surface area contributed by atoms with Gasteiger partial charge in [0.25, 0.3) is 0 Å². The summed E-state index contributed by atoms with van der Waals surface area (Å²) in [5.41, 5.74) is 0.412. The van der Waals surface area contributed by atoms with E-state index in [1.807, 2.05) is 6.92 Å². The smallest absolute Gasteiger partial charge is 0.321 e. The van der Waals surface area contributed by atoms with Crippen LogP contribution in [0.1, 0.15) is 23.7 Å². The van der Waals surface area contributed by atoms with E-state index in [1.165, 1.54) is 7.11 Å². The Morgan fingerprint density at radius 1 is 1.29 bits per heavy atom. The van der Waals surface area contributed by atoms with Gasteiger partial charge in [-0.2, -0.15) is 0 Å². The normalized spacial score (nSPS) is 16.4. The fraction of sp³-hybridized carbons (Fsp3) is 0.529. The molecule has 1 heterocycles. The van der Waals surface area contributed by atoms with Gasteiger partial charge in [-0.3, -0.25) is 14.5 Å². The van der Waals surface area contributed by atoms with E-state index in [0.717, 1.165) is 0 Å². The van der Waals surface area contributed by atoms with E-state index in [-0.39, 0.29) is 12.2 Å². The second-order valence-electron chi connectivity index (χ2n) is 5.43. The Morgan fingerprint density at radius 2 is 2.00 bits per heavy atom. The maximum Gasteiger partial charge on any atom is 0.321 e. The highest BCUT2D eigenvalue weighted by molar-refractivity contribution is 5.99. The third-order valence-corrected chi connectivity index (χ3v) is 3.94. The SMILES string of the molecule is CCOc1ccc(C(=O)CC(C(=O)O)N2CCOCC2)cc1OC. The van der Waals surface area contributed by atoms with Gasteiger partial charge in [0.15, 0.2) is 17.3 Å². The van der Waals surface area contributed by atoms with Crippen LogP contribution in [0.4, 0.5) is 0 Å². The summed E-state index contributed by atoms with van der Waals surface area (Å²) < 4.78 is 15.9. The highest BCUT2D eigenvalue weighted by Crippen LogP contribution is 2.28. The Balaban J connectivity index is 2.13. The Kier molecular flexibility index (Phi) is 6.57. The van der Waals surface area contributed by atoms with Crippen LogP contribution >= 0.6 is 0 Å². The van der Waals surface area contributed by atoms with Gasteiger partial charge in [0.05, 0.1) is 26.9 Å². The number of aliphatic carboxylic acids is 1. The first kappa shape index (κ1) is 18.2. The number of carboxylic acids is 1. The number of ketones is 1. The van der Waals surface area contributed by atoms with Crippen molar-refractivity contribution in [2.45, 2.75) is 19.4 Å². The molecule has 1 saturated heterocycles. The minimum Gasteiger partial charge on any atom is -0.493 e. The molecule has 1 aromatic rings. The third kappa shape index (κ3) is 4.46. The van der Waals surface area contributed by atoms with Gasteiger partial charge in [-0.25, -0.2) is 0 Å². The van der Waals surface area contributed by atoms with Gasteiger partial charge in [0, 0.05) is 25.1 Å². The van der Waals surface area contributed by atoms with Crippen LogP contribution in [0.15, 0.2) is 18.2 Å². The first-order chi connectivity index (χ1) is 11.6. The molecular formula is C17H23NO6. The predicted molar refractivity (Wildman–Crippen MR) is 86.9 cm³/mol. The molecule has 7 nitrogen and oxygen atoms in total. The highest BCUT2D eigenvalue weighted by Gasteiger charge is 2.29. The van der Waals surface area contributed by atoms with Gasteiger partial charge in [-0.1, -0.05) is 0 Å². The minimum absolute atomic E-state index is 0.0908. The van der Waals surface area contributed by atoms with Crippen molar-refractivity contribution in [3.05, 3.63) is 23.8 Å². The number of carbonyl (C=O) groups is 2. The van der Waals surface area contributed by atoms with Crippen molar-refractivity contribution in [3.8, 4) is 11.5 Å². The van der Waals surface area contributed by atoms with Crippen LogP contribution < -0.4 is 9.47 Å². The molecule has 0 radical (unpaired) electrons. The number of Topliss-reactive ketones (excluding diaryl/α,β-unsaturated/α-hetero) is 1. The minimum atomic E-state index is -0.997. The molecular weight excluding hydrogens is 314 g/mol. The van der Waals surface area contributed by atoms with Crippen molar-refractivity contribution in [2.75, 3.05) is 40.0 Å². The van der Waals surface area contributed by atoms with E-state index >= 15 is 0 Å². The number of methoxy groups -OCH3 is 1. The molecule has 1 aliphatic heterocycles. The van der Waals surface area contributed by atoms with Gasteiger partial charge in [-0.05, 0) is 25.1 Å². The Bertz CT molecular complexity index is 582. The lowest BCUT2D eigenvalue weighted by atomic mass is 10.0. The van der Waals surface area contributed by atoms with Crippen LogP contribution in [0.3, 0.4) is 0 Å². The molecule has 1 atom stereocenters. The van der Waals surface area contributed by atoms with Gasteiger partial charge in [0.2, 0.25) is 0 Å². The number of hydrogen-bond donors (Lipinski definition) is 1. The van der Waals surface area contributed by atoms with E-state index in [9.17, 15) is 14.7 Å². The lowest BCUT2D eigenvalue weighted by Gasteiger charge is -2.31.